The molecule has 104 valence electrons. The van der Waals surface area contributed by atoms with Gasteiger partial charge in [-0.2, -0.15) is 0 Å². The molecule has 0 heterocycles. The molecule has 1 spiro atoms. The van der Waals surface area contributed by atoms with Gasteiger partial charge in [-0.25, -0.2) is 4.39 Å². The summed E-state index contributed by atoms with van der Waals surface area (Å²) in [6, 6.07) is 5.17. The first-order valence-electron chi connectivity index (χ1n) is 7.38. The molecule has 2 saturated carbocycles. The van der Waals surface area contributed by atoms with Gasteiger partial charge in [0.1, 0.15) is 5.82 Å². The first kappa shape index (κ1) is 13.2. The lowest BCUT2D eigenvalue weighted by molar-refractivity contribution is 0.188. The highest BCUT2D eigenvalue weighted by Crippen LogP contribution is 2.49. The predicted octanol–water partition coefficient (Wildman–Crippen LogP) is 5.39. The molecule has 0 bridgehead atoms. The van der Waals surface area contributed by atoms with Crippen LogP contribution in [0.5, 0.6) is 0 Å². The van der Waals surface area contributed by atoms with Gasteiger partial charge in [0.05, 0.1) is 0 Å². The molecule has 0 saturated heterocycles. The van der Waals surface area contributed by atoms with Crippen molar-refractivity contribution >= 4 is 17.3 Å². The third-order valence-electron chi connectivity index (χ3n) is 4.94. The third-order valence-corrected chi connectivity index (χ3v) is 5.16. The number of nitrogens with one attached hydrogen (secondary N) is 1. The summed E-state index contributed by atoms with van der Waals surface area (Å²) >= 11 is 5.89. The molecule has 1 N–H and O–H groups in total. The largest absolute Gasteiger partial charge is 0.382 e. The van der Waals surface area contributed by atoms with Crippen molar-refractivity contribution < 1.29 is 4.39 Å². The summed E-state index contributed by atoms with van der Waals surface area (Å²) < 4.78 is 13.3. The van der Waals surface area contributed by atoms with Crippen LogP contribution in [0, 0.1) is 11.2 Å². The predicted molar refractivity (Wildman–Crippen MR) is 78.2 cm³/mol. The molecule has 0 amide bonds. The zero-order valence-electron chi connectivity index (χ0n) is 11.2. The van der Waals surface area contributed by atoms with E-state index in [1.54, 1.807) is 0 Å². The van der Waals surface area contributed by atoms with Gasteiger partial charge in [-0.3, -0.25) is 0 Å². The van der Waals surface area contributed by atoms with E-state index in [0.717, 1.165) is 5.69 Å². The standard InChI is InChI=1S/C16H21ClFN/c17-12-9-13(18)11-15(10-12)19-14-3-7-16(8-4-14)5-1-2-6-16/h9-11,14,19H,1-8H2. The van der Waals surface area contributed by atoms with Gasteiger partial charge in [0, 0.05) is 16.8 Å². The fourth-order valence-corrected chi connectivity index (χ4v) is 4.09. The summed E-state index contributed by atoms with van der Waals surface area (Å²) in [5.41, 5.74) is 1.47. The van der Waals surface area contributed by atoms with E-state index in [4.69, 9.17) is 11.6 Å². The monoisotopic (exact) mass is 281 g/mol. The highest BCUT2D eigenvalue weighted by atomic mass is 35.5. The molecular formula is C16H21ClFN. The van der Waals surface area contributed by atoms with Crippen LogP contribution in [-0.4, -0.2) is 6.04 Å². The first-order chi connectivity index (χ1) is 9.15. The van der Waals surface area contributed by atoms with Crippen molar-refractivity contribution in [3.05, 3.63) is 29.0 Å². The summed E-state index contributed by atoms with van der Waals surface area (Å²) in [7, 11) is 0. The first-order valence-corrected chi connectivity index (χ1v) is 7.76. The highest BCUT2D eigenvalue weighted by Gasteiger charge is 2.37. The van der Waals surface area contributed by atoms with Gasteiger partial charge in [0.2, 0.25) is 0 Å². The maximum absolute atomic E-state index is 13.3. The Balaban J connectivity index is 1.59. The quantitative estimate of drug-likeness (QED) is 0.766. The van der Waals surface area contributed by atoms with Crippen LogP contribution in [0.2, 0.25) is 5.02 Å². The van der Waals surface area contributed by atoms with Crippen LogP contribution in [0.15, 0.2) is 18.2 Å². The summed E-state index contributed by atoms with van der Waals surface area (Å²) in [4.78, 5) is 0. The zero-order chi connectivity index (χ0) is 13.3. The molecule has 3 heteroatoms. The van der Waals surface area contributed by atoms with Crippen molar-refractivity contribution in [2.24, 2.45) is 5.41 Å². The van der Waals surface area contributed by atoms with E-state index >= 15 is 0 Å². The Bertz CT molecular complexity index is 424. The van der Waals surface area contributed by atoms with E-state index in [2.05, 4.69) is 5.32 Å². The minimum absolute atomic E-state index is 0.266. The number of anilines is 1. The van der Waals surface area contributed by atoms with Crippen molar-refractivity contribution in [3.8, 4) is 0 Å². The second kappa shape index (κ2) is 5.32. The number of rotatable bonds is 2. The molecule has 19 heavy (non-hydrogen) atoms. The van der Waals surface area contributed by atoms with Crippen LogP contribution in [0.1, 0.15) is 51.4 Å². The molecule has 0 atom stereocenters. The van der Waals surface area contributed by atoms with E-state index in [1.807, 2.05) is 6.07 Å². The summed E-state index contributed by atoms with van der Waals surface area (Å²) in [6.45, 7) is 0. The van der Waals surface area contributed by atoms with Crippen LogP contribution >= 0.6 is 11.6 Å². The Labute approximate surface area is 119 Å². The van der Waals surface area contributed by atoms with Crippen LogP contribution in [-0.2, 0) is 0 Å². The lowest BCUT2D eigenvalue weighted by Crippen LogP contribution is -2.31. The summed E-state index contributed by atoms with van der Waals surface area (Å²) in [5, 5.41) is 3.91. The van der Waals surface area contributed by atoms with E-state index < -0.39 is 0 Å². The molecule has 1 aromatic rings. The van der Waals surface area contributed by atoms with Gasteiger partial charge in [0.15, 0.2) is 0 Å². The fraction of sp³-hybridized carbons (Fsp3) is 0.625. The van der Waals surface area contributed by atoms with Crippen LogP contribution < -0.4 is 5.32 Å². The van der Waals surface area contributed by atoms with Crippen molar-refractivity contribution in [2.75, 3.05) is 5.32 Å². The van der Waals surface area contributed by atoms with Gasteiger partial charge in [-0.05, 0) is 62.1 Å². The van der Waals surface area contributed by atoms with E-state index in [0.29, 0.717) is 16.5 Å². The maximum Gasteiger partial charge on any atom is 0.126 e. The van der Waals surface area contributed by atoms with Crippen molar-refractivity contribution in [1.82, 2.24) is 0 Å². The lowest BCUT2D eigenvalue weighted by atomic mass is 9.71. The van der Waals surface area contributed by atoms with Gasteiger partial charge >= 0.3 is 0 Å². The molecule has 0 aromatic heterocycles. The second-order valence-corrected chi connectivity index (χ2v) is 6.72. The smallest absolute Gasteiger partial charge is 0.126 e. The van der Waals surface area contributed by atoms with E-state index in [9.17, 15) is 4.39 Å². The van der Waals surface area contributed by atoms with Gasteiger partial charge in [-0.1, -0.05) is 24.4 Å². The molecule has 3 rings (SSSR count). The number of halogens is 2. The lowest BCUT2D eigenvalue weighted by Gasteiger charge is -2.37. The molecule has 1 aromatic carbocycles. The Kier molecular flexibility index (Phi) is 3.70. The molecule has 2 aliphatic carbocycles. The van der Waals surface area contributed by atoms with Crippen molar-refractivity contribution in [1.29, 1.82) is 0 Å². The minimum atomic E-state index is -0.266. The Morgan fingerprint density at radius 3 is 2.37 bits per heavy atom. The minimum Gasteiger partial charge on any atom is -0.382 e. The van der Waals surface area contributed by atoms with Gasteiger partial charge in [-0.15, -0.1) is 0 Å². The second-order valence-electron chi connectivity index (χ2n) is 6.28. The topological polar surface area (TPSA) is 12.0 Å². The summed E-state index contributed by atoms with van der Waals surface area (Å²) in [6.07, 6.45) is 10.7. The molecule has 1 nitrogen and oxygen atoms in total. The van der Waals surface area contributed by atoms with E-state index in [-0.39, 0.29) is 5.82 Å². The molecular weight excluding hydrogens is 261 g/mol. The number of benzene rings is 1. The van der Waals surface area contributed by atoms with Crippen LogP contribution in [0.25, 0.3) is 0 Å². The van der Waals surface area contributed by atoms with Gasteiger partial charge < -0.3 is 5.32 Å². The average Bonchev–Trinajstić information content (AvgIpc) is 2.80. The molecule has 2 fully saturated rings. The highest BCUT2D eigenvalue weighted by molar-refractivity contribution is 6.30. The summed E-state index contributed by atoms with van der Waals surface area (Å²) in [5.74, 6) is -0.266. The van der Waals surface area contributed by atoms with Crippen molar-refractivity contribution in [3.63, 3.8) is 0 Å². The normalized spacial score (nSPS) is 22.8. The fourth-order valence-electron chi connectivity index (χ4n) is 3.87. The molecule has 0 radical (unpaired) electrons. The molecule has 0 aliphatic heterocycles. The zero-order valence-corrected chi connectivity index (χ0v) is 12.0. The van der Waals surface area contributed by atoms with Crippen molar-refractivity contribution in [2.45, 2.75) is 57.4 Å². The van der Waals surface area contributed by atoms with Crippen LogP contribution in [0.4, 0.5) is 10.1 Å². The van der Waals surface area contributed by atoms with E-state index in [1.165, 1.54) is 63.5 Å². The van der Waals surface area contributed by atoms with Crippen LogP contribution in [0.3, 0.4) is 0 Å². The SMILES string of the molecule is Fc1cc(Cl)cc(NC2CCC3(CCCC3)CC2)c1. The molecule has 0 unspecified atom stereocenters. The average molecular weight is 282 g/mol. The number of hydrogen-bond donors (Lipinski definition) is 1. The van der Waals surface area contributed by atoms with Gasteiger partial charge in [0.25, 0.3) is 0 Å². The Morgan fingerprint density at radius 2 is 1.74 bits per heavy atom. The maximum atomic E-state index is 13.3. The Hall–Kier alpha value is -0.760. The molecule has 2 aliphatic rings. The Morgan fingerprint density at radius 1 is 1.05 bits per heavy atom. The number of hydrogen-bond acceptors (Lipinski definition) is 1. The third kappa shape index (κ3) is 3.05.